The summed E-state index contributed by atoms with van der Waals surface area (Å²) in [5.74, 6) is -0.0187. The Hall–Kier alpha value is -2.00. The van der Waals surface area contributed by atoms with Crippen molar-refractivity contribution in [3.63, 3.8) is 0 Å². The van der Waals surface area contributed by atoms with Crippen molar-refractivity contribution in [3.8, 4) is 5.75 Å². The Kier molecular flexibility index (Phi) is 3.76. The molecule has 3 nitrogen and oxygen atoms in total. The van der Waals surface area contributed by atoms with Crippen molar-refractivity contribution in [2.24, 2.45) is 0 Å². The molecule has 98 valence electrons. The zero-order valence-electron chi connectivity index (χ0n) is 10.7. The van der Waals surface area contributed by atoms with Gasteiger partial charge in [-0.15, -0.1) is 0 Å². The van der Waals surface area contributed by atoms with Gasteiger partial charge < -0.3 is 10.0 Å². The molecule has 0 unspecified atom stereocenters. The summed E-state index contributed by atoms with van der Waals surface area (Å²) in [7, 11) is 1.67. The molecule has 0 spiro atoms. The van der Waals surface area contributed by atoms with E-state index in [2.05, 4.69) is 0 Å². The first kappa shape index (κ1) is 13.4. The number of halogens is 1. The van der Waals surface area contributed by atoms with Crippen LogP contribution in [-0.2, 0) is 0 Å². The van der Waals surface area contributed by atoms with E-state index in [0.717, 1.165) is 5.56 Å². The van der Waals surface area contributed by atoms with Crippen LogP contribution >= 0.6 is 11.6 Å². The predicted octanol–water partition coefficient (Wildman–Crippen LogP) is 3.63. The molecule has 1 amide bonds. The van der Waals surface area contributed by atoms with Crippen LogP contribution in [0.25, 0.3) is 0 Å². The van der Waals surface area contributed by atoms with Crippen molar-refractivity contribution >= 4 is 23.2 Å². The monoisotopic (exact) mass is 275 g/mol. The summed E-state index contributed by atoms with van der Waals surface area (Å²) in [5, 5.41) is 10.1. The molecule has 19 heavy (non-hydrogen) atoms. The summed E-state index contributed by atoms with van der Waals surface area (Å²) in [6.07, 6.45) is 0. The highest BCUT2D eigenvalue weighted by Crippen LogP contribution is 2.22. The minimum Gasteiger partial charge on any atom is -0.508 e. The molecule has 2 rings (SSSR count). The second kappa shape index (κ2) is 5.33. The van der Waals surface area contributed by atoms with Crippen LogP contribution in [0.5, 0.6) is 5.75 Å². The van der Waals surface area contributed by atoms with Gasteiger partial charge in [0.05, 0.1) is 0 Å². The van der Waals surface area contributed by atoms with Gasteiger partial charge in [0.15, 0.2) is 0 Å². The highest BCUT2D eigenvalue weighted by Gasteiger charge is 2.14. The molecule has 0 aliphatic carbocycles. The fraction of sp³-hybridized carbons (Fsp3) is 0.133. The number of nitrogens with zero attached hydrogens (tertiary/aromatic N) is 1. The maximum absolute atomic E-state index is 12.3. The zero-order valence-corrected chi connectivity index (χ0v) is 11.5. The van der Waals surface area contributed by atoms with E-state index < -0.39 is 0 Å². The maximum atomic E-state index is 12.3. The van der Waals surface area contributed by atoms with Crippen LogP contribution in [0.15, 0.2) is 42.5 Å². The SMILES string of the molecule is Cc1cc(C(=O)N(C)c2cccc(O)c2)ccc1Cl. The molecule has 2 aromatic rings. The number of amides is 1. The van der Waals surface area contributed by atoms with Crippen molar-refractivity contribution in [2.45, 2.75) is 6.92 Å². The molecule has 0 heterocycles. The van der Waals surface area contributed by atoms with Crippen molar-refractivity contribution in [2.75, 3.05) is 11.9 Å². The van der Waals surface area contributed by atoms with Crippen molar-refractivity contribution < 1.29 is 9.90 Å². The molecule has 0 aliphatic heterocycles. The predicted molar refractivity (Wildman–Crippen MR) is 77.0 cm³/mol. The fourth-order valence-electron chi connectivity index (χ4n) is 1.79. The van der Waals surface area contributed by atoms with Gasteiger partial charge in [-0.3, -0.25) is 4.79 Å². The van der Waals surface area contributed by atoms with Gasteiger partial charge in [-0.05, 0) is 42.8 Å². The molecular weight excluding hydrogens is 262 g/mol. The lowest BCUT2D eigenvalue weighted by atomic mass is 10.1. The van der Waals surface area contributed by atoms with Gasteiger partial charge in [-0.1, -0.05) is 17.7 Å². The first-order chi connectivity index (χ1) is 8.99. The highest BCUT2D eigenvalue weighted by atomic mass is 35.5. The first-order valence-corrected chi connectivity index (χ1v) is 6.20. The molecule has 0 aliphatic rings. The Labute approximate surface area is 117 Å². The van der Waals surface area contributed by atoms with E-state index in [1.807, 2.05) is 6.92 Å². The third kappa shape index (κ3) is 2.88. The number of phenolic OH excluding ortho intramolecular Hbond substituents is 1. The van der Waals surface area contributed by atoms with E-state index in [4.69, 9.17) is 11.6 Å². The second-order valence-electron chi connectivity index (χ2n) is 4.35. The van der Waals surface area contributed by atoms with Crippen molar-refractivity contribution in [1.29, 1.82) is 0 Å². The van der Waals surface area contributed by atoms with Gasteiger partial charge >= 0.3 is 0 Å². The van der Waals surface area contributed by atoms with E-state index in [9.17, 15) is 9.90 Å². The molecule has 0 radical (unpaired) electrons. The third-order valence-electron chi connectivity index (χ3n) is 2.93. The van der Waals surface area contributed by atoms with Crippen molar-refractivity contribution in [3.05, 3.63) is 58.6 Å². The average molecular weight is 276 g/mol. The topological polar surface area (TPSA) is 40.5 Å². The average Bonchev–Trinajstić information content (AvgIpc) is 2.40. The molecule has 0 saturated heterocycles. The Balaban J connectivity index is 2.30. The summed E-state index contributed by atoms with van der Waals surface area (Å²) in [6.45, 7) is 1.85. The van der Waals surface area contributed by atoms with Crippen LogP contribution in [0.2, 0.25) is 5.02 Å². The molecular formula is C15H14ClNO2. The largest absolute Gasteiger partial charge is 0.508 e. The lowest BCUT2D eigenvalue weighted by Gasteiger charge is -2.18. The maximum Gasteiger partial charge on any atom is 0.258 e. The van der Waals surface area contributed by atoms with E-state index in [0.29, 0.717) is 16.3 Å². The summed E-state index contributed by atoms with van der Waals surface area (Å²) in [6, 6.07) is 11.7. The van der Waals surface area contributed by atoms with Crippen molar-refractivity contribution in [1.82, 2.24) is 0 Å². The number of carbonyl (C=O) groups is 1. The van der Waals surface area contributed by atoms with E-state index >= 15 is 0 Å². The number of aryl methyl sites for hydroxylation is 1. The number of hydrogen-bond acceptors (Lipinski definition) is 2. The summed E-state index contributed by atoms with van der Waals surface area (Å²) >= 11 is 5.94. The number of rotatable bonds is 2. The first-order valence-electron chi connectivity index (χ1n) is 5.82. The smallest absolute Gasteiger partial charge is 0.258 e. The van der Waals surface area contributed by atoms with Gasteiger partial charge in [0.1, 0.15) is 5.75 Å². The van der Waals surface area contributed by atoms with Gasteiger partial charge in [-0.2, -0.15) is 0 Å². The van der Waals surface area contributed by atoms with Gasteiger partial charge in [0.25, 0.3) is 5.91 Å². The fourth-order valence-corrected chi connectivity index (χ4v) is 1.91. The molecule has 0 saturated carbocycles. The van der Waals surface area contributed by atoms with Crippen LogP contribution in [0.3, 0.4) is 0 Å². The Morgan fingerprint density at radius 3 is 2.58 bits per heavy atom. The number of aromatic hydroxyl groups is 1. The van der Waals surface area contributed by atoms with Crippen LogP contribution in [0.4, 0.5) is 5.69 Å². The number of benzene rings is 2. The van der Waals surface area contributed by atoms with E-state index in [1.165, 1.54) is 4.90 Å². The lowest BCUT2D eigenvalue weighted by molar-refractivity contribution is 0.0993. The highest BCUT2D eigenvalue weighted by molar-refractivity contribution is 6.31. The Bertz CT molecular complexity index is 625. The lowest BCUT2D eigenvalue weighted by Crippen LogP contribution is -2.26. The zero-order chi connectivity index (χ0) is 14.0. The summed E-state index contributed by atoms with van der Waals surface area (Å²) < 4.78 is 0. The molecule has 0 fully saturated rings. The number of phenols is 1. The van der Waals surface area contributed by atoms with Gasteiger partial charge in [0.2, 0.25) is 0 Å². The molecule has 4 heteroatoms. The second-order valence-corrected chi connectivity index (χ2v) is 4.76. The number of hydrogen-bond donors (Lipinski definition) is 1. The van der Waals surface area contributed by atoms with E-state index in [1.54, 1.807) is 49.5 Å². The van der Waals surface area contributed by atoms with Gasteiger partial charge in [-0.25, -0.2) is 0 Å². The number of anilines is 1. The van der Waals surface area contributed by atoms with Crippen LogP contribution in [0, 0.1) is 6.92 Å². The number of carbonyl (C=O) groups excluding carboxylic acids is 1. The summed E-state index contributed by atoms with van der Waals surface area (Å²) in [4.78, 5) is 13.8. The Morgan fingerprint density at radius 2 is 1.95 bits per heavy atom. The third-order valence-corrected chi connectivity index (χ3v) is 3.35. The van der Waals surface area contributed by atoms with Crippen LogP contribution in [-0.4, -0.2) is 18.1 Å². The van der Waals surface area contributed by atoms with E-state index in [-0.39, 0.29) is 11.7 Å². The molecule has 0 atom stereocenters. The Morgan fingerprint density at radius 1 is 1.21 bits per heavy atom. The molecule has 0 aromatic heterocycles. The summed E-state index contributed by atoms with van der Waals surface area (Å²) in [5.41, 5.74) is 2.06. The van der Waals surface area contributed by atoms with Crippen LogP contribution < -0.4 is 4.90 Å². The normalized spacial score (nSPS) is 10.3. The van der Waals surface area contributed by atoms with Gasteiger partial charge in [0, 0.05) is 29.4 Å². The molecule has 0 bridgehead atoms. The minimum atomic E-state index is -0.148. The van der Waals surface area contributed by atoms with Crippen LogP contribution in [0.1, 0.15) is 15.9 Å². The standard InChI is InChI=1S/C15H14ClNO2/c1-10-8-11(6-7-14(10)16)15(19)17(2)12-4-3-5-13(18)9-12/h3-9,18H,1-2H3. The molecule has 2 aromatic carbocycles. The molecule has 1 N–H and O–H groups in total. The quantitative estimate of drug-likeness (QED) is 0.909. The minimum absolute atomic E-state index is 0.129.